The molecule has 4 heteroatoms. The molecule has 2 rings (SSSR count). The lowest BCUT2D eigenvalue weighted by molar-refractivity contribution is 0.0968. The Morgan fingerprint density at radius 2 is 2.07 bits per heavy atom. The van der Waals surface area contributed by atoms with Gasteiger partial charge < -0.3 is 9.47 Å². The lowest BCUT2D eigenvalue weighted by Gasteiger charge is -2.17. The summed E-state index contributed by atoms with van der Waals surface area (Å²) in [6, 6.07) is 1.65. The molecule has 1 heterocycles. The number of carbonyl (C=O) groups is 1. The Bertz CT molecular complexity index is 384. The first-order chi connectivity index (χ1) is 7.26. The van der Waals surface area contributed by atoms with Crippen LogP contribution in [0.3, 0.4) is 0 Å². The minimum absolute atomic E-state index is 0.114. The summed E-state index contributed by atoms with van der Waals surface area (Å²) in [6.45, 7) is 0. The molecule has 80 valence electrons. The number of methoxy groups -OCH3 is 2. The van der Waals surface area contributed by atoms with E-state index in [0.29, 0.717) is 23.6 Å². The Morgan fingerprint density at radius 3 is 2.73 bits per heavy atom. The van der Waals surface area contributed by atoms with Gasteiger partial charge in [-0.1, -0.05) is 0 Å². The van der Waals surface area contributed by atoms with Crippen LogP contribution in [0.1, 0.15) is 28.9 Å². The Kier molecular flexibility index (Phi) is 2.58. The number of hydrogen-bond donors (Lipinski definition) is 0. The number of rotatable bonds is 2. The maximum absolute atomic E-state index is 11.7. The van der Waals surface area contributed by atoms with Gasteiger partial charge in [0.1, 0.15) is 5.75 Å². The molecule has 15 heavy (non-hydrogen) atoms. The quantitative estimate of drug-likeness (QED) is 0.739. The summed E-state index contributed by atoms with van der Waals surface area (Å²) in [7, 11) is 3.11. The Labute approximate surface area is 88.2 Å². The monoisotopic (exact) mass is 207 g/mol. The summed E-state index contributed by atoms with van der Waals surface area (Å²) in [5, 5.41) is 0. The standard InChI is InChI=1S/C11H13NO3/c1-14-9-6-10(15-2)12-7-4-3-5-8(13)11(7)9/h6H,3-5H2,1-2H3. The number of nitrogens with zero attached hydrogens (tertiary/aromatic N) is 1. The van der Waals surface area contributed by atoms with Crippen LogP contribution < -0.4 is 9.47 Å². The third-order valence-electron chi connectivity index (χ3n) is 2.56. The molecule has 0 aliphatic heterocycles. The van der Waals surface area contributed by atoms with E-state index in [2.05, 4.69) is 4.98 Å². The number of fused-ring (bicyclic) bond motifs is 1. The van der Waals surface area contributed by atoms with Gasteiger partial charge in [-0.15, -0.1) is 0 Å². The molecule has 0 fully saturated rings. The number of ketones is 1. The summed E-state index contributed by atoms with van der Waals surface area (Å²) in [6.07, 6.45) is 2.25. The van der Waals surface area contributed by atoms with E-state index in [-0.39, 0.29) is 5.78 Å². The van der Waals surface area contributed by atoms with E-state index in [4.69, 9.17) is 9.47 Å². The van der Waals surface area contributed by atoms with E-state index in [0.717, 1.165) is 18.5 Å². The third-order valence-corrected chi connectivity index (χ3v) is 2.56. The summed E-state index contributed by atoms with van der Waals surface area (Å²) in [5.41, 5.74) is 1.42. The van der Waals surface area contributed by atoms with Crippen molar-refractivity contribution in [3.05, 3.63) is 17.3 Å². The van der Waals surface area contributed by atoms with Crippen LogP contribution in [0.2, 0.25) is 0 Å². The lowest BCUT2D eigenvalue weighted by Crippen LogP contribution is -2.14. The van der Waals surface area contributed by atoms with Crippen LogP contribution in [-0.4, -0.2) is 25.0 Å². The Balaban J connectivity index is 2.57. The molecule has 1 aliphatic rings. The van der Waals surface area contributed by atoms with E-state index >= 15 is 0 Å². The highest BCUT2D eigenvalue weighted by Crippen LogP contribution is 2.31. The minimum Gasteiger partial charge on any atom is -0.496 e. The number of aryl methyl sites for hydroxylation is 1. The predicted molar refractivity (Wildman–Crippen MR) is 54.6 cm³/mol. The normalized spacial score (nSPS) is 14.7. The van der Waals surface area contributed by atoms with Gasteiger partial charge in [0, 0.05) is 12.5 Å². The van der Waals surface area contributed by atoms with Crippen LogP contribution in [0.4, 0.5) is 0 Å². The van der Waals surface area contributed by atoms with Gasteiger partial charge >= 0.3 is 0 Å². The zero-order valence-electron chi connectivity index (χ0n) is 8.87. The average molecular weight is 207 g/mol. The van der Waals surface area contributed by atoms with Gasteiger partial charge in [0.2, 0.25) is 5.88 Å². The van der Waals surface area contributed by atoms with Gasteiger partial charge in [-0.2, -0.15) is 0 Å². The summed E-state index contributed by atoms with van der Waals surface area (Å²) in [4.78, 5) is 16.0. The molecule has 0 saturated heterocycles. The molecule has 0 bridgehead atoms. The fourth-order valence-electron chi connectivity index (χ4n) is 1.83. The van der Waals surface area contributed by atoms with E-state index in [1.807, 2.05) is 0 Å². The lowest BCUT2D eigenvalue weighted by atomic mass is 9.94. The Hall–Kier alpha value is -1.58. The fraction of sp³-hybridized carbons (Fsp3) is 0.455. The van der Waals surface area contributed by atoms with Crippen molar-refractivity contribution in [2.24, 2.45) is 0 Å². The zero-order valence-corrected chi connectivity index (χ0v) is 8.87. The van der Waals surface area contributed by atoms with Crippen molar-refractivity contribution in [3.8, 4) is 11.6 Å². The first-order valence-corrected chi connectivity index (χ1v) is 4.91. The first-order valence-electron chi connectivity index (χ1n) is 4.91. The molecule has 1 aromatic rings. The van der Waals surface area contributed by atoms with Crippen molar-refractivity contribution in [2.45, 2.75) is 19.3 Å². The molecular weight excluding hydrogens is 194 g/mol. The highest BCUT2D eigenvalue weighted by atomic mass is 16.5. The smallest absolute Gasteiger partial charge is 0.216 e. The second-order valence-corrected chi connectivity index (χ2v) is 3.47. The van der Waals surface area contributed by atoms with Crippen molar-refractivity contribution in [1.29, 1.82) is 0 Å². The van der Waals surface area contributed by atoms with Gasteiger partial charge in [-0.3, -0.25) is 4.79 Å². The summed E-state index contributed by atoms with van der Waals surface area (Å²) >= 11 is 0. The van der Waals surface area contributed by atoms with E-state index in [1.165, 1.54) is 0 Å². The van der Waals surface area contributed by atoms with Crippen molar-refractivity contribution in [2.75, 3.05) is 14.2 Å². The van der Waals surface area contributed by atoms with Gasteiger partial charge in [0.25, 0.3) is 0 Å². The maximum Gasteiger partial charge on any atom is 0.216 e. The van der Waals surface area contributed by atoms with Gasteiger partial charge in [-0.25, -0.2) is 4.98 Å². The fourth-order valence-corrected chi connectivity index (χ4v) is 1.83. The van der Waals surface area contributed by atoms with Gasteiger partial charge in [0.15, 0.2) is 5.78 Å². The largest absolute Gasteiger partial charge is 0.496 e. The summed E-state index contributed by atoms with van der Waals surface area (Å²) < 4.78 is 10.2. The molecule has 1 aliphatic carbocycles. The molecular formula is C11H13NO3. The van der Waals surface area contributed by atoms with E-state index in [9.17, 15) is 4.79 Å². The molecule has 0 saturated carbocycles. The number of Topliss-reactive ketones (excluding diaryl/α,β-unsaturated/α-hetero) is 1. The molecule has 0 N–H and O–H groups in total. The molecule has 0 atom stereocenters. The van der Waals surface area contributed by atoms with E-state index < -0.39 is 0 Å². The van der Waals surface area contributed by atoms with Crippen LogP contribution in [0.5, 0.6) is 11.6 Å². The van der Waals surface area contributed by atoms with Gasteiger partial charge in [-0.05, 0) is 12.8 Å². The van der Waals surface area contributed by atoms with Crippen LogP contribution in [0.15, 0.2) is 6.07 Å². The highest BCUT2D eigenvalue weighted by Gasteiger charge is 2.23. The molecule has 0 amide bonds. The molecule has 4 nitrogen and oxygen atoms in total. The zero-order chi connectivity index (χ0) is 10.8. The van der Waals surface area contributed by atoms with Crippen molar-refractivity contribution < 1.29 is 14.3 Å². The predicted octanol–water partition coefficient (Wildman–Crippen LogP) is 1.62. The average Bonchev–Trinajstić information content (AvgIpc) is 2.27. The SMILES string of the molecule is COc1cc(OC)c2c(n1)CCCC2=O. The molecule has 0 unspecified atom stereocenters. The van der Waals surface area contributed by atoms with Crippen molar-refractivity contribution in [1.82, 2.24) is 4.98 Å². The Morgan fingerprint density at radius 1 is 1.27 bits per heavy atom. The molecule has 1 aromatic heterocycles. The molecule has 0 spiro atoms. The summed E-state index contributed by atoms with van der Waals surface area (Å²) in [5.74, 6) is 1.19. The highest BCUT2D eigenvalue weighted by molar-refractivity contribution is 6.00. The van der Waals surface area contributed by atoms with Crippen LogP contribution in [0.25, 0.3) is 0 Å². The minimum atomic E-state index is 0.114. The maximum atomic E-state index is 11.7. The molecule has 0 aromatic carbocycles. The van der Waals surface area contributed by atoms with Gasteiger partial charge in [0.05, 0.1) is 25.5 Å². The second-order valence-electron chi connectivity index (χ2n) is 3.47. The van der Waals surface area contributed by atoms with Crippen LogP contribution in [-0.2, 0) is 6.42 Å². The van der Waals surface area contributed by atoms with Crippen LogP contribution in [0, 0.1) is 0 Å². The van der Waals surface area contributed by atoms with Crippen molar-refractivity contribution in [3.63, 3.8) is 0 Å². The number of hydrogen-bond acceptors (Lipinski definition) is 4. The topological polar surface area (TPSA) is 48.4 Å². The second kappa shape index (κ2) is 3.88. The number of aromatic nitrogens is 1. The first kappa shape index (κ1) is 9.96. The molecule has 0 radical (unpaired) electrons. The van der Waals surface area contributed by atoms with Crippen LogP contribution >= 0.6 is 0 Å². The van der Waals surface area contributed by atoms with E-state index in [1.54, 1.807) is 20.3 Å². The number of carbonyl (C=O) groups excluding carboxylic acids is 1. The van der Waals surface area contributed by atoms with Crippen molar-refractivity contribution >= 4 is 5.78 Å². The number of pyridine rings is 1. The third kappa shape index (κ3) is 1.67. The number of ether oxygens (including phenoxy) is 2.